The number of likely N-dealkylation sites (N-methyl/N-ethyl adjacent to an activating group) is 1. The van der Waals surface area contributed by atoms with Crippen molar-refractivity contribution in [2.24, 2.45) is 0 Å². The molecule has 0 aliphatic rings. The van der Waals surface area contributed by atoms with Crippen LogP contribution in [-0.4, -0.2) is 13.1 Å². The molecule has 0 fully saturated rings. The Morgan fingerprint density at radius 1 is 1.29 bits per heavy atom. The van der Waals surface area contributed by atoms with Crippen LogP contribution in [0.4, 0.5) is 0 Å². The van der Waals surface area contributed by atoms with E-state index in [1.807, 2.05) is 11.3 Å². The van der Waals surface area contributed by atoms with E-state index in [0.29, 0.717) is 0 Å². The van der Waals surface area contributed by atoms with E-state index in [1.54, 1.807) is 0 Å². The monoisotopic (exact) mass is 205 g/mol. The predicted octanol–water partition coefficient (Wildman–Crippen LogP) is 3.05. The number of hydrogen-bond acceptors (Lipinski definition) is 2. The van der Waals surface area contributed by atoms with Gasteiger partial charge in [-0.25, -0.2) is 0 Å². The van der Waals surface area contributed by atoms with Crippen LogP contribution < -0.4 is 5.32 Å². The van der Waals surface area contributed by atoms with Crippen LogP contribution in [0.2, 0.25) is 0 Å². The van der Waals surface area contributed by atoms with E-state index in [2.05, 4.69) is 41.9 Å². The molecule has 0 saturated heterocycles. The number of hydrogen-bond donors (Lipinski definition) is 1. The van der Waals surface area contributed by atoms with Gasteiger partial charge in [-0.3, -0.25) is 0 Å². The number of benzene rings is 1. The van der Waals surface area contributed by atoms with Crippen LogP contribution >= 0.6 is 11.3 Å². The van der Waals surface area contributed by atoms with Gasteiger partial charge in [-0.2, -0.15) is 0 Å². The second-order valence-corrected chi connectivity index (χ2v) is 4.28. The maximum absolute atomic E-state index is 3.36. The molecule has 1 aromatic carbocycles. The van der Waals surface area contributed by atoms with E-state index in [-0.39, 0.29) is 0 Å². The summed E-state index contributed by atoms with van der Waals surface area (Å²) in [5, 5.41) is 6.91. The molecule has 1 heterocycles. The molecule has 2 heteroatoms. The fourth-order valence-corrected chi connectivity index (χ4v) is 2.60. The molecule has 0 saturated carbocycles. The third-order valence-corrected chi connectivity index (χ3v) is 3.39. The lowest BCUT2D eigenvalue weighted by molar-refractivity contribution is 0.719. The summed E-state index contributed by atoms with van der Waals surface area (Å²) in [6.07, 6.45) is 1.13. The van der Waals surface area contributed by atoms with Crippen molar-refractivity contribution in [1.29, 1.82) is 0 Å². The molecule has 0 radical (unpaired) electrons. The number of fused-ring (bicyclic) bond motifs is 1. The third kappa shape index (κ3) is 1.97. The smallest absolute Gasteiger partial charge is 0.0375 e. The zero-order chi connectivity index (χ0) is 9.80. The average Bonchev–Trinajstić information content (AvgIpc) is 2.67. The summed E-state index contributed by atoms with van der Waals surface area (Å²) in [6.45, 7) is 4.28. The average molecular weight is 205 g/mol. The Morgan fingerprint density at radius 3 is 3.07 bits per heavy atom. The number of nitrogens with one attached hydrogen (secondary N) is 1. The SMILES string of the molecule is CCNCCc1cccc2ccsc12. The lowest BCUT2D eigenvalue weighted by Crippen LogP contribution is -2.15. The first kappa shape index (κ1) is 9.69. The van der Waals surface area contributed by atoms with Crippen LogP contribution in [0.15, 0.2) is 29.6 Å². The van der Waals surface area contributed by atoms with E-state index in [9.17, 15) is 0 Å². The van der Waals surface area contributed by atoms with Gasteiger partial charge < -0.3 is 5.32 Å². The predicted molar refractivity (Wildman–Crippen MR) is 64.1 cm³/mol. The molecule has 0 atom stereocenters. The van der Waals surface area contributed by atoms with Crippen LogP contribution in [0.3, 0.4) is 0 Å². The van der Waals surface area contributed by atoms with Crippen molar-refractivity contribution in [1.82, 2.24) is 5.32 Å². The molecule has 0 spiro atoms. The van der Waals surface area contributed by atoms with Gasteiger partial charge in [0, 0.05) is 4.70 Å². The lowest BCUT2D eigenvalue weighted by Gasteiger charge is -2.03. The van der Waals surface area contributed by atoms with Gasteiger partial charge in [-0.15, -0.1) is 11.3 Å². The van der Waals surface area contributed by atoms with Gasteiger partial charge in [-0.05, 0) is 41.9 Å². The molecule has 0 bridgehead atoms. The molecule has 0 unspecified atom stereocenters. The van der Waals surface area contributed by atoms with Crippen molar-refractivity contribution in [3.05, 3.63) is 35.2 Å². The Balaban J connectivity index is 2.19. The van der Waals surface area contributed by atoms with Crippen LogP contribution in [-0.2, 0) is 6.42 Å². The summed E-state index contributed by atoms with van der Waals surface area (Å²) in [6, 6.07) is 8.76. The van der Waals surface area contributed by atoms with Crippen molar-refractivity contribution >= 4 is 21.4 Å². The van der Waals surface area contributed by atoms with Crippen molar-refractivity contribution < 1.29 is 0 Å². The van der Waals surface area contributed by atoms with Crippen molar-refractivity contribution in [3.8, 4) is 0 Å². The van der Waals surface area contributed by atoms with E-state index < -0.39 is 0 Å². The fraction of sp³-hybridized carbons (Fsp3) is 0.333. The molecule has 74 valence electrons. The molecular weight excluding hydrogens is 190 g/mol. The van der Waals surface area contributed by atoms with E-state index in [4.69, 9.17) is 0 Å². The highest BCUT2D eigenvalue weighted by Crippen LogP contribution is 2.24. The second kappa shape index (κ2) is 4.58. The Morgan fingerprint density at radius 2 is 2.21 bits per heavy atom. The van der Waals surface area contributed by atoms with Crippen molar-refractivity contribution in [3.63, 3.8) is 0 Å². The van der Waals surface area contributed by atoms with Crippen LogP contribution in [0, 0.1) is 0 Å². The summed E-state index contributed by atoms with van der Waals surface area (Å²) >= 11 is 1.84. The quantitative estimate of drug-likeness (QED) is 0.756. The molecular formula is C12H15NS. The highest BCUT2D eigenvalue weighted by molar-refractivity contribution is 7.17. The normalized spacial score (nSPS) is 10.9. The van der Waals surface area contributed by atoms with Crippen molar-refractivity contribution in [2.45, 2.75) is 13.3 Å². The summed E-state index contributed by atoms with van der Waals surface area (Å²) in [5.41, 5.74) is 1.47. The minimum absolute atomic E-state index is 1.06. The highest BCUT2D eigenvalue weighted by Gasteiger charge is 2.00. The topological polar surface area (TPSA) is 12.0 Å². The Hall–Kier alpha value is -0.860. The molecule has 2 aromatic rings. The molecule has 14 heavy (non-hydrogen) atoms. The maximum atomic E-state index is 3.36. The number of thiophene rings is 1. The molecule has 0 aliphatic carbocycles. The number of rotatable bonds is 4. The standard InChI is InChI=1S/C12H15NS/c1-2-13-8-6-10-4-3-5-11-7-9-14-12(10)11/h3-5,7,9,13H,2,6,8H2,1H3. The molecule has 1 aromatic heterocycles. The summed E-state index contributed by atoms with van der Waals surface area (Å²) < 4.78 is 1.45. The largest absolute Gasteiger partial charge is 0.317 e. The summed E-state index contributed by atoms with van der Waals surface area (Å²) in [5.74, 6) is 0. The van der Waals surface area contributed by atoms with Gasteiger partial charge in [0.25, 0.3) is 0 Å². The third-order valence-electron chi connectivity index (χ3n) is 2.38. The first-order chi connectivity index (χ1) is 6.92. The van der Waals surface area contributed by atoms with Crippen LogP contribution in [0.5, 0.6) is 0 Å². The minimum Gasteiger partial charge on any atom is -0.317 e. The maximum Gasteiger partial charge on any atom is 0.0375 e. The van der Waals surface area contributed by atoms with Gasteiger partial charge in [0.1, 0.15) is 0 Å². The molecule has 0 aliphatic heterocycles. The van der Waals surface area contributed by atoms with Crippen LogP contribution in [0.25, 0.3) is 10.1 Å². The first-order valence-electron chi connectivity index (χ1n) is 5.07. The van der Waals surface area contributed by atoms with Gasteiger partial charge in [-0.1, -0.05) is 25.1 Å². The van der Waals surface area contributed by atoms with Gasteiger partial charge in [0.15, 0.2) is 0 Å². The molecule has 1 N–H and O–H groups in total. The van der Waals surface area contributed by atoms with Gasteiger partial charge in [0.2, 0.25) is 0 Å². The first-order valence-corrected chi connectivity index (χ1v) is 5.95. The molecule has 2 rings (SSSR count). The zero-order valence-corrected chi connectivity index (χ0v) is 9.23. The van der Waals surface area contributed by atoms with Crippen molar-refractivity contribution in [2.75, 3.05) is 13.1 Å². The molecule has 0 amide bonds. The Kier molecular flexibility index (Phi) is 3.17. The highest BCUT2D eigenvalue weighted by atomic mass is 32.1. The Bertz CT molecular complexity index is 405. The van der Waals surface area contributed by atoms with Crippen LogP contribution in [0.1, 0.15) is 12.5 Å². The minimum atomic E-state index is 1.06. The summed E-state index contributed by atoms with van der Waals surface area (Å²) in [4.78, 5) is 0. The zero-order valence-electron chi connectivity index (χ0n) is 8.42. The Labute approximate surface area is 88.8 Å². The van der Waals surface area contributed by atoms with E-state index >= 15 is 0 Å². The second-order valence-electron chi connectivity index (χ2n) is 3.36. The van der Waals surface area contributed by atoms with Gasteiger partial charge in [0.05, 0.1) is 0 Å². The summed E-state index contributed by atoms with van der Waals surface area (Å²) in [7, 11) is 0. The van der Waals surface area contributed by atoms with E-state index in [0.717, 1.165) is 19.5 Å². The molecule has 1 nitrogen and oxygen atoms in total. The van der Waals surface area contributed by atoms with E-state index in [1.165, 1.54) is 15.6 Å². The fourth-order valence-electron chi connectivity index (χ4n) is 1.65. The van der Waals surface area contributed by atoms with Gasteiger partial charge >= 0.3 is 0 Å². The lowest BCUT2D eigenvalue weighted by atomic mass is 10.1.